The first-order valence-corrected chi connectivity index (χ1v) is 2.33. The van der Waals surface area contributed by atoms with E-state index in [2.05, 4.69) is 0 Å². The van der Waals surface area contributed by atoms with Gasteiger partial charge in [-0.2, -0.15) is 0 Å². The second-order valence-corrected chi connectivity index (χ2v) is 0.981. The van der Waals surface area contributed by atoms with Gasteiger partial charge in [-0.3, -0.25) is 0 Å². The Kier molecular flexibility index (Phi) is 8.59. The van der Waals surface area contributed by atoms with Crippen LogP contribution in [0.15, 0.2) is 0 Å². The second kappa shape index (κ2) is 4.68. The Balaban J connectivity index is 0. The first-order valence-electron chi connectivity index (χ1n) is 0.565. The molecule has 0 fully saturated rings. The van der Waals surface area contributed by atoms with Crippen LogP contribution in [0, 0.1) is 0 Å². The zero-order valence-corrected chi connectivity index (χ0v) is 3.11. The van der Waals surface area contributed by atoms with Crippen LogP contribution in [0.2, 0.25) is 0 Å². The fourth-order valence-corrected chi connectivity index (χ4v) is 0. The van der Waals surface area contributed by atoms with Crippen molar-refractivity contribution in [2.45, 2.75) is 0 Å². The molecule has 0 heterocycles. The molecule has 0 aromatic rings. The Hall–Kier alpha value is 0.677. The van der Waals surface area contributed by atoms with E-state index in [0.29, 0.717) is 0 Å². The predicted molar refractivity (Wildman–Crippen MR) is 13.5 cm³/mol. The van der Waals surface area contributed by atoms with E-state index >= 15 is 0 Å². The Morgan fingerprint density at radius 3 is 1.40 bits per heavy atom. The van der Waals surface area contributed by atoms with E-state index in [4.69, 9.17) is 11.4 Å². The van der Waals surface area contributed by atoms with Crippen molar-refractivity contribution in [3.8, 4) is 0 Å². The summed E-state index contributed by atoms with van der Waals surface area (Å²) >= 11 is -3.69. The predicted octanol–water partition coefficient (Wildman–Crippen LogP) is -1.98. The van der Waals surface area contributed by atoms with Gasteiger partial charge in [0.25, 0.3) is 0 Å². The Labute approximate surface area is 44.5 Å². The number of hydrogen-bond donors (Lipinski definition) is 1. The van der Waals surface area contributed by atoms with Gasteiger partial charge in [-0.05, 0) is 0 Å². The summed E-state index contributed by atoms with van der Waals surface area (Å²) in [6.07, 6.45) is 0. The van der Waals surface area contributed by atoms with Crippen molar-refractivity contribution < 1.29 is 26.8 Å². The van der Waals surface area contributed by atoms with Gasteiger partial charge in [0.1, 0.15) is 0 Å². The molecular formula is H4AlO3V. The van der Waals surface area contributed by atoms with Crippen molar-refractivity contribution in [1.29, 1.82) is 0 Å². The third kappa shape index (κ3) is 73.1. The molecule has 0 saturated carbocycles. The van der Waals surface area contributed by atoms with E-state index in [1.54, 1.807) is 0 Å². The number of rotatable bonds is 0. The average Bonchev–Trinajstić information content (AvgIpc) is 0.811. The van der Waals surface area contributed by atoms with E-state index in [0.717, 1.165) is 0 Å². The van der Waals surface area contributed by atoms with Crippen molar-refractivity contribution in [2.75, 3.05) is 0 Å². The van der Waals surface area contributed by atoms with E-state index in [1.165, 1.54) is 0 Å². The van der Waals surface area contributed by atoms with Gasteiger partial charge in [0.2, 0.25) is 0 Å². The topological polar surface area (TPSA) is 54.4 Å². The van der Waals surface area contributed by atoms with Gasteiger partial charge in [0.15, 0.2) is 17.4 Å². The SMILES string of the molecule is [AlH3].[O]=[V](=[O])[OH]. The Morgan fingerprint density at radius 2 is 1.40 bits per heavy atom. The summed E-state index contributed by atoms with van der Waals surface area (Å²) < 4.78 is 24.4. The van der Waals surface area contributed by atoms with Gasteiger partial charge in [-0.15, -0.1) is 0 Å². The summed E-state index contributed by atoms with van der Waals surface area (Å²) in [5.74, 6) is 0. The number of hydrogen-bond acceptors (Lipinski definition) is 2. The first-order chi connectivity index (χ1) is 1.73. The molecular weight excluding hydrogens is 126 g/mol. The summed E-state index contributed by atoms with van der Waals surface area (Å²) in [7, 11) is 0. The molecule has 1 N–H and O–H groups in total. The summed E-state index contributed by atoms with van der Waals surface area (Å²) in [5, 5.41) is 0. The van der Waals surface area contributed by atoms with Gasteiger partial charge in [-0.25, -0.2) is 0 Å². The third-order valence-corrected chi connectivity index (χ3v) is 0. The standard InChI is InChI=1S/Al.H2O.2O.V.3H/h;1H2;;;;;;/q;;;;+1;;;/p-1. The molecule has 3 nitrogen and oxygen atoms in total. The van der Waals surface area contributed by atoms with E-state index < -0.39 is 15.4 Å². The van der Waals surface area contributed by atoms with Gasteiger partial charge in [0, 0.05) is 0 Å². The monoisotopic (exact) mass is 130 g/mol. The van der Waals surface area contributed by atoms with Crippen molar-refractivity contribution in [3.63, 3.8) is 0 Å². The molecule has 0 aliphatic carbocycles. The van der Waals surface area contributed by atoms with Crippen LogP contribution < -0.4 is 0 Å². The average molecular weight is 130 g/mol. The molecule has 0 aromatic carbocycles. The summed E-state index contributed by atoms with van der Waals surface area (Å²) in [6.45, 7) is 0. The van der Waals surface area contributed by atoms with Crippen molar-refractivity contribution >= 4 is 17.4 Å². The molecule has 0 unspecified atom stereocenters. The van der Waals surface area contributed by atoms with Crippen molar-refractivity contribution in [1.82, 2.24) is 0 Å². The summed E-state index contributed by atoms with van der Waals surface area (Å²) in [5.41, 5.74) is 0. The van der Waals surface area contributed by atoms with Crippen molar-refractivity contribution in [2.24, 2.45) is 0 Å². The Morgan fingerprint density at radius 1 is 1.40 bits per heavy atom. The van der Waals surface area contributed by atoms with Gasteiger partial charge >= 0.3 is 26.8 Å². The quantitative estimate of drug-likeness (QED) is 0.386. The molecule has 0 amide bonds. The molecule has 0 aliphatic rings. The molecule has 0 spiro atoms. The van der Waals surface area contributed by atoms with Crippen LogP contribution in [-0.2, 0) is 22.7 Å². The van der Waals surface area contributed by atoms with Gasteiger partial charge in [-0.1, -0.05) is 0 Å². The molecule has 5 heavy (non-hydrogen) atoms. The summed E-state index contributed by atoms with van der Waals surface area (Å²) in [4.78, 5) is 0. The fourth-order valence-electron chi connectivity index (χ4n) is 0. The molecule has 0 bridgehead atoms. The molecule has 0 radical (unpaired) electrons. The maximum absolute atomic E-state index is 8.67. The molecule has 5 heteroatoms. The minimum atomic E-state index is -3.69. The second-order valence-electron chi connectivity index (χ2n) is 0.238. The van der Waals surface area contributed by atoms with Gasteiger partial charge < -0.3 is 0 Å². The zero-order valence-electron chi connectivity index (χ0n) is 1.71. The van der Waals surface area contributed by atoms with Crippen molar-refractivity contribution in [3.05, 3.63) is 0 Å². The van der Waals surface area contributed by atoms with Crippen LogP contribution in [0.25, 0.3) is 0 Å². The first kappa shape index (κ1) is 9.18. The van der Waals surface area contributed by atoms with Crippen LogP contribution in [0.3, 0.4) is 0 Å². The van der Waals surface area contributed by atoms with Crippen LogP contribution in [0.5, 0.6) is 0 Å². The van der Waals surface area contributed by atoms with E-state index in [-0.39, 0.29) is 17.4 Å². The van der Waals surface area contributed by atoms with E-state index in [9.17, 15) is 0 Å². The molecule has 0 atom stereocenters. The molecule has 0 aliphatic heterocycles. The van der Waals surface area contributed by atoms with Gasteiger partial charge in [0.05, 0.1) is 0 Å². The molecule has 0 aromatic heterocycles. The molecule has 0 rings (SSSR count). The van der Waals surface area contributed by atoms with Crippen LogP contribution in [-0.4, -0.2) is 21.4 Å². The minimum absolute atomic E-state index is 0. The van der Waals surface area contributed by atoms with Crippen LogP contribution >= 0.6 is 0 Å². The maximum atomic E-state index is 8.67. The fraction of sp³-hybridized carbons (Fsp3) is 0. The zero-order chi connectivity index (χ0) is 3.58. The summed E-state index contributed by atoms with van der Waals surface area (Å²) in [6, 6.07) is 0. The Bertz CT molecular complexity index is 55.3. The van der Waals surface area contributed by atoms with Crippen LogP contribution in [0.1, 0.15) is 0 Å². The normalized spacial score (nSPS) is 5.00. The third-order valence-electron chi connectivity index (χ3n) is 0. The molecule has 30 valence electrons. The van der Waals surface area contributed by atoms with E-state index in [1.807, 2.05) is 0 Å². The van der Waals surface area contributed by atoms with Crippen LogP contribution in [0.4, 0.5) is 0 Å². The molecule has 0 saturated heterocycles.